The molecule has 0 aromatic carbocycles. The van der Waals surface area contributed by atoms with Crippen LogP contribution in [-0.2, 0) is 16.0 Å². The number of fused-ring (bicyclic) bond motifs is 1. The van der Waals surface area contributed by atoms with Gasteiger partial charge in [-0.1, -0.05) is 17.7 Å². The molecule has 0 N–H and O–H groups in total. The number of rotatable bonds is 3. The van der Waals surface area contributed by atoms with Crippen molar-refractivity contribution >= 4 is 23.6 Å². The highest BCUT2D eigenvalue weighted by atomic mass is 35.5. The maximum absolute atomic E-state index is 12.7. The molecule has 3 rings (SSSR count). The Kier molecular flexibility index (Phi) is 5.12. The summed E-state index contributed by atoms with van der Waals surface area (Å²) in [5.41, 5.74) is 0.683. The first-order valence-corrected chi connectivity index (χ1v) is 9.02. The Hall–Kier alpha value is -1.86. The van der Waals surface area contributed by atoms with Gasteiger partial charge < -0.3 is 19.3 Å². The van der Waals surface area contributed by atoms with Crippen molar-refractivity contribution in [3.8, 4) is 0 Å². The first-order chi connectivity index (χ1) is 12.2. The van der Waals surface area contributed by atoms with Crippen LogP contribution in [-0.4, -0.2) is 64.7 Å². The third-order valence-electron chi connectivity index (χ3n) is 4.57. The number of carbonyl (C=O) groups is 2. The van der Waals surface area contributed by atoms with Gasteiger partial charge in [-0.05, 0) is 33.3 Å². The summed E-state index contributed by atoms with van der Waals surface area (Å²) < 4.78 is 10.8. The number of methoxy groups -OCH3 is 1. The lowest BCUT2D eigenvalue weighted by atomic mass is 10.1. The largest absolute Gasteiger partial charge is 0.444 e. The quantitative estimate of drug-likeness (QED) is 0.753. The van der Waals surface area contributed by atoms with Crippen LogP contribution in [0, 0.1) is 0 Å². The smallest absolute Gasteiger partial charge is 0.410 e. The third kappa shape index (κ3) is 3.78. The van der Waals surface area contributed by atoms with Crippen LogP contribution >= 0.6 is 11.6 Å². The van der Waals surface area contributed by atoms with E-state index in [1.54, 1.807) is 23.0 Å². The van der Waals surface area contributed by atoms with Gasteiger partial charge in [-0.2, -0.15) is 0 Å². The van der Waals surface area contributed by atoms with E-state index < -0.39 is 5.60 Å². The molecule has 2 amide bonds. The predicted octanol–water partition coefficient (Wildman–Crippen LogP) is 2.72. The minimum atomic E-state index is -0.576. The normalized spacial score (nSPS) is 22.7. The SMILES string of the molecule is COC[C@@H]1C[C@@H](N2Cc3ccc(Cl)nc3C2=O)CN1C(=O)OC(C)(C)C. The van der Waals surface area contributed by atoms with Crippen molar-refractivity contribution in [2.45, 2.75) is 51.4 Å². The standard InChI is InChI=1S/C18H24ClN3O4/c1-18(2,3)26-17(24)22-9-12(7-13(22)10-25-4)21-8-11-5-6-14(19)20-15(11)16(21)23/h5-6,12-13H,7-10H2,1-4H3/t12-,13+/m1/s1. The maximum atomic E-state index is 12.7. The highest BCUT2D eigenvalue weighted by Gasteiger charge is 2.43. The number of hydrogen-bond donors (Lipinski definition) is 0. The van der Waals surface area contributed by atoms with Crippen molar-refractivity contribution in [3.05, 3.63) is 28.5 Å². The van der Waals surface area contributed by atoms with Gasteiger partial charge in [0.1, 0.15) is 16.4 Å². The highest BCUT2D eigenvalue weighted by Crippen LogP contribution is 2.31. The second-order valence-electron chi connectivity index (χ2n) is 7.71. The summed E-state index contributed by atoms with van der Waals surface area (Å²) in [5.74, 6) is -0.144. The molecule has 0 unspecified atom stereocenters. The topological polar surface area (TPSA) is 72.0 Å². The second-order valence-corrected chi connectivity index (χ2v) is 8.09. The van der Waals surface area contributed by atoms with Crippen molar-refractivity contribution in [3.63, 3.8) is 0 Å². The van der Waals surface area contributed by atoms with Crippen LogP contribution in [0.25, 0.3) is 0 Å². The lowest BCUT2D eigenvalue weighted by Gasteiger charge is -2.28. The molecule has 8 heteroatoms. The number of halogens is 1. The summed E-state index contributed by atoms with van der Waals surface area (Å²) in [6.45, 7) is 6.79. The number of amides is 2. The molecular formula is C18H24ClN3O4. The molecule has 1 aromatic rings. The van der Waals surface area contributed by atoms with E-state index in [4.69, 9.17) is 21.1 Å². The van der Waals surface area contributed by atoms with Crippen LogP contribution in [0.1, 0.15) is 43.2 Å². The molecule has 2 aliphatic heterocycles. The zero-order valence-electron chi connectivity index (χ0n) is 15.5. The molecule has 26 heavy (non-hydrogen) atoms. The van der Waals surface area contributed by atoms with Crippen LogP contribution in [0.5, 0.6) is 0 Å². The Morgan fingerprint density at radius 1 is 1.38 bits per heavy atom. The molecule has 2 atom stereocenters. The fourth-order valence-corrected chi connectivity index (χ4v) is 3.62. The molecular weight excluding hydrogens is 358 g/mol. The van der Waals surface area contributed by atoms with Gasteiger partial charge in [0.15, 0.2) is 0 Å². The fourth-order valence-electron chi connectivity index (χ4n) is 3.48. The van der Waals surface area contributed by atoms with Crippen LogP contribution < -0.4 is 0 Å². The summed E-state index contributed by atoms with van der Waals surface area (Å²) in [5, 5.41) is 0.304. The van der Waals surface area contributed by atoms with E-state index in [1.165, 1.54) is 0 Å². The van der Waals surface area contributed by atoms with Crippen molar-refractivity contribution < 1.29 is 19.1 Å². The van der Waals surface area contributed by atoms with Crippen molar-refractivity contribution in [2.24, 2.45) is 0 Å². The average molecular weight is 382 g/mol. The number of nitrogens with zero attached hydrogens (tertiary/aromatic N) is 3. The van der Waals surface area contributed by atoms with Gasteiger partial charge in [0.25, 0.3) is 5.91 Å². The first-order valence-electron chi connectivity index (χ1n) is 8.64. The molecule has 2 aliphatic rings. The molecule has 1 aromatic heterocycles. The third-order valence-corrected chi connectivity index (χ3v) is 4.78. The number of pyridine rings is 1. The predicted molar refractivity (Wildman–Crippen MR) is 96.1 cm³/mol. The lowest BCUT2D eigenvalue weighted by Crippen LogP contribution is -2.43. The zero-order chi connectivity index (χ0) is 19.1. The molecule has 7 nitrogen and oxygen atoms in total. The van der Waals surface area contributed by atoms with Gasteiger partial charge in [-0.15, -0.1) is 0 Å². The molecule has 3 heterocycles. The van der Waals surface area contributed by atoms with E-state index in [-0.39, 0.29) is 24.1 Å². The van der Waals surface area contributed by atoms with Crippen LogP contribution in [0.15, 0.2) is 12.1 Å². The van der Waals surface area contributed by atoms with Gasteiger partial charge in [-0.25, -0.2) is 9.78 Å². The molecule has 0 bridgehead atoms. The monoisotopic (exact) mass is 381 g/mol. The number of ether oxygens (including phenoxy) is 2. The van der Waals surface area contributed by atoms with E-state index >= 15 is 0 Å². The lowest BCUT2D eigenvalue weighted by molar-refractivity contribution is 0.0140. The fraction of sp³-hybridized carbons (Fsp3) is 0.611. The molecule has 0 spiro atoms. The van der Waals surface area contributed by atoms with Crippen LogP contribution in [0.4, 0.5) is 4.79 Å². The average Bonchev–Trinajstić information content (AvgIpc) is 3.08. The van der Waals surface area contributed by atoms with E-state index in [1.807, 2.05) is 26.8 Å². The van der Waals surface area contributed by atoms with Gasteiger partial charge in [0.2, 0.25) is 0 Å². The summed E-state index contributed by atoms with van der Waals surface area (Å²) in [6.07, 6.45) is 0.257. The second kappa shape index (κ2) is 7.04. The summed E-state index contributed by atoms with van der Waals surface area (Å²) >= 11 is 5.92. The maximum Gasteiger partial charge on any atom is 0.410 e. The molecule has 1 fully saturated rings. The minimum Gasteiger partial charge on any atom is -0.444 e. The highest BCUT2D eigenvalue weighted by molar-refractivity contribution is 6.29. The Balaban J connectivity index is 1.76. The van der Waals surface area contributed by atoms with Crippen molar-refractivity contribution in [1.82, 2.24) is 14.8 Å². The van der Waals surface area contributed by atoms with Gasteiger partial charge in [0, 0.05) is 25.8 Å². The van der Waals surface area contributed by atoms with Gasteiger partial charge in [-0.3, -0.25) is 4.79 Å². The number of hydrogen-bond acceptors (Lipinski definition) is 5. The van der Waals surface area contributed by atoms with Crippen molar-refractivity contribution in [1.29, 1.82) is 0 Å². The van der Waals surface area contributed by atoms with Crippen LogP contribution in [0.2, 0.25) is 5.15 Å². The van der Waals surface area contributed by atoms with E-state index in [2.05, 4.69) is 4.98 Å². The minimum absolute atomic E-state index is 0.108. The summed E-state index contributed by atoms with van der Waals surface area (Å²) in [7, 11) is 1.60. The zero-order valence-corrected chi connectivity index (χ0v) is 16.2. The number of aromatic nitrogens is 1. The first kappa shape index (κ1) is 18.9. The van der Waals surface area contributed by atoms with Crippen LogP contribution in [0.3, 0.4) is 0 Å². The molecule has 142 valence electrons. The summed E-state index contributed by atoms with van der Waals surface area (Å²) in [6, 6.07) is 3.28. The van der Waals surface area contributed by atoms with E-state index in [0.29, 0.717) is 37.0 Å². The Bertz CT molecular complexity index is 719. The number of carbonyl (C=O) groups excluding carboxylic acids is 2. The molecule has 0 saturated carbocycles. The molecule has 1 saturated heterocycles. The summed E-state index contributed by atoms with van der Waals surface area (Å²) in [4.78, 5) is 32.9. The molecule has 0 aliphatic carbocycles. The van der Waals surface area contributed by atoms with Gasteiger partial charge in [0.05, 0.1) is 18.7 Å². The number of likely N-dealkylation sites (tertiary alicyclic amines) is 1. The van der Waals surface area contributed by atoms with Crippen molar-refractivity contribution in [2.75, 3.05) is 20.3 Å². The van der Waals surface area contributed by atoms with E-state index in [0.717, 1.165) is 5.56 Å². The van der Waals surface area contributed by atoms with E-state index in [9.17, 15) is 9.59 Å². The Morgan fingerprint density at radius 3 is 2.77 bits per heavy atom. The van der Waals surface area contributed by atoms with Gasteiger partial charge >= 0.3 is 6.09 Å². The molecule has 0 radical (unpaired) electrons. The Morgan fingerprint density at radius 2 is 2.12 bits per heavy atom. The Labute approximate surface area is 158 Å².